The highest BCUT2D eigenvalue weighted by molar-refractivity contribution is 6.39. The largest absolute Gasteiger partial charge is 0.460 e. The maximum Gasteiger partial charge on any atom is 0.329 e. The number of allylic oxidation sites excluding steroid dienone is 6. The van der Waals surface area contributed by atoms with Crippen molar-refractivity contribution in [3.8, 4) is 0 Å². The van der Waals surface area contributed by atoms with E-state index >= 15 is 0 Å². The fourth-order valence-electron chi connectivity index (χ4n) is 10.4. The van der Waals surface area contributed by atoms with Crippen LogP contribution >= 0.6 is 0 Å². The zero-order valence-corrected chi connectivity index (χ0v) is 41.6. The summed E-state index contributed by atoms with van der Waals surface area (Å²) in [4.78, 5) is 72.0. The van der Waals surface area contributed by atoms with Gasteiger partial charge in [0, 0.05) is 65.6 Å². The molecular formula is C52H81NO13. The van der Waals surface area contributed by atoms with Crippen LogP contribution in [0.5, 0.6) is 0 Å². The number of carbonyl (C=O) groups excluding carboxylic acids is 5. The molecule has 0 aromatic heterocycles. The van der Waals surface area contributed by atoms with E-state index in [1.54, 1.807) is 48.2 Å². The normalized spacial score (nSPS) is 40.0. The van der Waals surface area contributed by atoms with Gasteiger partial charge in [0.2, 0.25) is 5.79 Å². The number of ketones is 3. The third kappa shape index (κ3) is 14.3. The summed E-state index contributed by atoms with van der Waals surface area (Å²) in [5, 5.41) is 23.4. The van der Waals surface area contributed by atoms with Gasteiger partial charge in [-0.05, 0) is 107 Å². The lowest BCUT2D eigenvalue weighted by molar-refractivity contribution is -0.265. The zero-order chi connectivity index (χ0) is 48.9. The standard InChI is InChI=1S/C52H81NO13/c1-31-17-13-12-14-18-32(2)43(62-9)29-39-22-20-37(7)52(60,66-39)49(57)50(58)53-24-16-15-19-40(53)51(59)65-44(34(4)27-38-21-23-42(61-8)45(28-38)63-10)30-41(54)33(3)26-36(6)47(56)48(64-11)46(55)35(5)25-31/h12-14,17-18,26,31,33-35,37-40,42-45,47-48,56,60H,15-16,19-25,27-30H2,1-11H3/b14-12+,17-13+,32-18+,36-26+/t31-,33-,34-,35-,37-,38+,39+,40?,42?,43+,44+,45-,47-,48+,52-/m1/s1. The van der Waals surface area contributed by atoms with Crippen LogP contribution in [-0.2, 0) is 52.4 Å². The average Bonchev–Trinajstić information content (AvgIpc) is 3.30. The molecule has 0 spiro atoms. The minimum absolute atomic E-state index is 0.0246. The fourth-order valence-corrected chi connectivity index (χ4v) is 10.4. The van der Waals surface area contributed by atoms with Crippen LogP contribution in [0.4, 0.5) is 0 Å². The summed E-state index contributed by atoms with van der Waals surface area (Å²) in [5.41, 5.74) is 1.29. The first-order valence-corrected chi connectivity index (χ1v) is 24.3. The number of Topliss-reactive ketones (excluding diaryl/α,β-unsaturated/α-hetero) is 3. The van der Waals surface area contributed by atoms with Crippen molar-refractivity contribution >= 4 is 29.2 Å². The molecule has 3 fully saturated rings. The van der Waals surface area contributed by atoms with Crippen molar-refractivity contribution in [2.45, 2.75) is 180 Å². The van der Waals surface area contributed by atoms with Crippen LogP contribution in [-0.4, -0.2) is 134 Å². The molecule has 0 aromatic rings. The van der Waals surface area contributed by atoms with Gasteiger partial charge >= 0.3 is 5.97 Å². The van der Waals surface area contributed by atoms with Crippen molar-refractivity contribution in [3.05, 3.63) is 47.6 Å². The second-order valence-electron chi connectivity index (χ2n) is 19.8. The molecule has 1 saturated carbocycles. The summed E-state index contributed by atoms with van der Waals surface area (Å²) in [6, 6.07) is -1.12. The molecule has 15 atom stereocenters. The van der Waals surface area contributed by atoms with E-state index in [1.165, 1.54) is 12.0 Å². The average molecular weight is 928 g/mol. The highest BCUT2D eigenvalue weighted by atomic mass is 16.6. The number of piperidine rings is 1. The number of esters is 1. The van der Waals surface area contributed by atoms with Crippen molar-refractivity contribution in [1.82, 2.24) is 4.90 Å². The lowest BCUT2D eigenvalue weighted by Gasteiger charge is -2.42. The van der Waals surface area contributed by atoms with Gasteiger partial charge in [-0.2, -0.15) is 0 Å². The van der Waals surface area contributed by atoms with Crippen LogP contribution in [0, 0.1) is 35.5 Å². The van der Waals surface area contributed by atoms with Crippen LogP contribution in [0.3, 0.4) is 0 Å². The molecule has 2 bridgehead atoms. The number of hydrogen-bond donors (Lipinski definition) is 2. The minimum atomic E-state index is -2.42. The van der Waals surface area contributed by atoms with Gasteiger partial charge < -0.3 is 43.5 Å². The molecular weight excluding hydrogens is 847 g/mol. The summed E-state index contributed by atoms with van der Waals surface area (Å²) in [6.45, 7) is 12.8. The van der Waals surface area contributed by atoms with Crippen LogP contribution in [0.1, 0.15) is 126 Å². The second-order valence-corrected chi connectivity index (χ2v) is 19.8. The van der Waals surface area contributed by atoms with E-state index in [0.29, 0.717) is 50.5 Å². The number of rotatable bonds is 7. The number of fused-ring (bicyclic) bond motifs is 3. The number of carbonyl (C=O) groups is 5. The van der Waals surface area contributed by atoms with Crippen LogP contribution < -0.4 is 0 Å². The van der Waals surface area contributed by atoms with E-state index in [2.05, 4.69) is 0 Å². The summed E-state index contributed by atoms with van der Waals surface area (Å²) >= 11 is 0. The van der Waals surface area contributed by atoms with Crippen molar-refractivity contribution in [3.63, 3.8) is 0 Å². The number of hydrogen-bond acceptors (Lipinski definition) is 13. The third-order valence-electron chi connectivity index (χ3n) is 14.8. The Bertz CT molecular complexity index is 1770. The summed E-state index contributed by atoms with van der Waals surface area (Å²) in [7, 11) is 6.31. The molecule has 1 aliphatic carbocycles. The number of methoxy groups -OCH3 is 4. The van der Waals surface area contributed by atoms with E-state index in [-0.39, 0.29) is 60.9 Å². The summed E-state index contributed by atoms with van der Waals surface area (Å²) < 4.78 is 35.3. The number of aliphatic hydroxyl groups is 2. The first kappa shape index (κ1) is 55.2. The zero-order valence-electron chi connectivity index (χ0n) is 41.6. The Morgan fingerprint density at radius 3 is 2.20 bits per heavy atom. The molecule has 3 heterocycles. The second kappa shape index (κ2) is 25.8. The molecule has 14 nitrogen and oxygen atoms in total. The Morgan fingerprint density at radius 1 is 0.818 bits per heavy atom. The topological polar surface area (TPSA) is 184 Å². The van der Waals surface area contributed by atoms with E-state index in [4.69, 9.17) is 28.4 Å². The molecule has 0 radical (unpaired) electrons. The lowest BCUT2D eigenvalue weighted by Crippen LogP contribution is -2.61. The Kier molecular flexibility index (Phi) is 21.6. The molecule has 4 rings (SSSR count). The number of nitrogens with zero attached hydrogens (tertiary/aromatic N) is 1. The molecule has 14 heteroatoms. The van der Waals surface area contributed by atoms with Crippen molar-refractivity contribution in [1.29, 1.82) is 0 Å². The van der Waals surface area contributed by atoms with Gasteiger partial charge in [0.25, 0.3) is 11.7 Å². The van der Waals surface area contributed by atoms with Gasteiger partial charge in [-0.3, -0.25) is 19.2 Å². The number of cyclic esters (lactones) is 1. The Balaban J connectivity index is 1.70. The fraction of sp³-hybridized carbons (Fsp3) is 0.750. The Labute approximate surface area is 393 Å². The van der Waals surface area contributed by atoms with E-state index in [9.17, 15) is 34.2 Å². The van der Waals surface area contributed by atoms with E-state index in [0.717, 1.165) is 24.8 Å². The smallest absolute Gasteiger partial charge is 0.329 e. The molecule has 2 saturated heterocycles. The summed E-state index contributed by atoms with van der Waals surface area (Å²) in [6.07, 6.45) is 12.7. The highest BCUT2D eigenvalue weighted by Crippen LogP contribution is 2.38. The van der Waals surface area contributed by atoms with Crippen LogP contribution in [0.2, 0.25) is 0 Å². The Morgan fingerprint density at radius 2 is 1.53 bits per heavy atom. The predicted octanol–water partition coefficient (Wildman–Crippen LogP) is 6.83. The van der Waals surface area contributed by atoms with Crippen molar-refractivity contribution in [2.75, 3.05) is 35.0 Å². The summed E-state index contributed by atoms with van der Waals surface area (Å²) in [5.74, 6) is -7.72. The molecule has 372 valence electrons. The lowest BCUT2D eigenvalue weighted by atomic mass is 9.78. The highest BCUT2D eigenvalue weighted by Gasteiger charge is 2.53. The minimum Gasteiger partial charge on any atom is -0.460 e. The number of aliphatic hydroxyl groups excluding tert-OH is 1. The van der Waals surface area contributed by atoms with Gasteiger partial charge in [-0.25, -0.2) is 4.79 Å². The molecule has 1 amide bonds. The van der Waals surface area contributed by atoms with Gasteiger partial charge in [-0.1, -0.05) is 71.1 Å². The van der Waals surface area contributed by atoms with Gasteiger partial charge in [0.1, 0.15) is 30.1 Å². The quantitative estimate of drug-likeness (QED) is 0.154. The van der Waals surface area contributed by atoms with Crippen molar-refractivity contribution < 1.29 is 62.6 Å². The number of ether oxygens (including phenoxy) is 6. The molecule has 0 aromatic carbocycles. The van der Waals surface area contributed by atoms with Gasteiger partial charge in [-0.15, -0.1) is 0 Å². The molecule has 66 heavy (non-hydrogen) atoms. The first-order valence-electron chi connectivity index (χ1n) is 24.3. The van der Waals surface area contributed by atoms with Crippen molar-refractivity contribution in [2.24, 2.45) is 35.5 Å². The van der Waals surface area contributed by atoms with Gasteiger partial charge in [0.05, 0.1) is 24.4 Å². The predicted molar refractivity (Wildman–Crippen MR) is 250 cm³/mol. The van der Waals surface area contributed by atoms with Gasteiger partial charge in [0.15, 0.2) is 5.78 Å². The molecule has 3 aliphatic heterocycles. The Hall–Kier alpha value is -3.37. The molecule has 2 N–H and O–H groups in total. The van der Waals surface area contributed by atoms with Crippen LogP contribution in [0.25, 0.3) is 0 Å². The van der Waals surface area contributed by atoms with E-state index < -0.39 is 77.8 Å². The SMILES string of the molecule is COC1CC[C@@H](C[C@@H](C)[C@@H]2CC(=O)[C@H](C)/C=C(\C)[C@@H](O)[C@@H](OC)C(=O)[C@H](C)C[C@H](C)/C=C/C=C/C=C(\C)[C@@H](OC)C[C@@H]3CC[C@@H](C)[C@@](O)(O3)C(=O)C(=O)N3CCCCC3C(=O)O2)C[C@H]1OC. The molecule has 4 aliphatic rings. The maximum absolute atomic E-state index is 14.4. The number of amides is 1. The van der Waals surface area contributed by atoms with Crippen LogP contribution in [0.15, 0.2) is 47.6 Å². The molecule has 2 unspecified atom stereocenters. The maximum atomic E-state index is 14.4. The van der Waals surface area contributed by atoms with E-state index in [1.807, 2.05) is 58.1 Å². The first-order chi connectivity index (χ1) is 31.3. The third-order valence-corrected chi connectivity index (χ3v) is 14.8. The monoisotopic (exact) mass is 928 g/mol.